The van der Waals surface area contributed by atoms with Crippen molar-refractivity contribution in [3.63, 3.8) is 0 Å². The lowest BCUT2D eigenvalue weighted by Gasteiger charge is -2.32. The van der Waals surface area contributed by atoms with Crippen molar-refractivity contribution in [3.8, 4) is 0 Å². The van der Waals surface area contributed by atoms with E-state index < -0.39 is 3.55 Å². The van der Waals surface area contributed by atoms with Crippen LogP contribution in [0.15, 0.2) is 24.3 Å². The van der Waals surface area contributed by atoms with Gasteiger partial charge in [0.1, 0.15) is 3.55 Å². The summed E-state index contributed by atoms with van der Waals surface area (Å²) in [7, 11) is 3.89. The Morgan fingerprint density at radius 2 is 1.81 bits per heavy atom. The number of benzene rings is 1. The number of rotatable bonds is 4. The maximum absolute atomic E-state index is 12.4. The maximum atomic E-state index is 12.4. The molecule has 1 aromatic rings. The summed E-state index contributed by atoms with van der Waals surface area (Å²) in [6, 6.07) is 7.78. The number of aryl methyl sites for hydroxylation is 1. The Morgan fingerprint density at radius 1 is 1.31 bits per heavy atom. The van der Waals surface area contributed by atoms with E-state index in [4.69, 9.17) is 0 Å². The first-order valence-electron chi connectivity index (χ1n) is 5.39. The number of Topliss-reactive ketones (excluding diaryl/α,β-unsaturated/α-hetero) is 1. The fourth-order valence-corrected chi connectivity index (χ4v) is 1.92. The third-order valence-electron chi connectivity index (χ3n) is 2.84. The summed E-state index contributed by atoms with van der Waals surface area (Å²) in [5.74, 6) is 0.181. The summed E-state index contributed by atoms with van der Waals surface area (Å²) >= 11 is 2.24. The molecule has 1 unspecified atom stereocenters. The van der Waals surface area contributed by atoms with E-state index in [1.165, 1.54) is 5.56 Å². The largest absolute Gasteiger partial charge is 0.291 e. The van der Waals surface area contributed by atoms with Gasteiger partial charge in [0.05, 0.1) is 0 Å². The van der Waals surface area contributed by atoms with Crippen molar-refractivity contribution in [1.29, 1.82) is 0 Å². The second kappa shape index (κ2) is 5.27. The number of alkyl halides is 1. The van der Waals surface area contributed by atoms with Crippen LogP contribution >= 0.6 is 22.6 Å². The highest BCUT2D eigenvalue weighted by Crippen LogP contribution is 2.30. The highest BCUT2D eigenvalue weighted by Gasteiger charge is 2.36. The zero-order valence-corrected chi connectivity index (χ0v) is 12.4. The van der Waals surface area contributed by atoms with Gasteiger partial charge in [-0.15, -0.1) is 0 Å². The second-order valence-corrected chi connectivity index (χ2v) is 5.99. The van der Waals surface area contributed by atoms with Gasteiger partial charge in [0.2, 0.25) is 0 Å². The average molecular weight is 331 g/mol. The Kier molecular flexibility index (Phi) is 4.50. The van der Waals surface area contributed by atoms with E-state index in [2.05, 4.69) is 22.6 Å². The van der Waals surface area contributed by atoms with Gasteiger partial charge in [0.25, 0.3) is 0 Å². The van der Waals surface area contributed by atoms with E-state index in [1.807, 2.05) is 57.1 Å². The zero-order chi connectivity index (χ0) is 12.3. The predicted octanol–water partition coefficient (Wildman–Crippen LogP) is 3.28. The molecular formula is C13H18INO. The minimum atomic E-state index is -0.437. The summed E-state index contributed by atoms with van der Waals surface area (Å²) in [4.78, 5) is 14.4. The molecule has 0 bridgehead atoms. The summed E-state index contributed by atoms with van der Waals surface area (Å²) < 4.78 is -0.437. The van der Waals surface area contributed by atoms with Crippen molar-refractivity contribution < 1.29 is 4.79 Å². The third-order valence-corrected chi connectivity index (χ3v) is 5.06. The lowest BCUT2D eigenvalue weighted by Crippen LogP contribution is -2.45. The average Bonchev–Trinajstić information content (AvgIpc) is 2.27. The van der Waals surface area contributed by atoms with E-state index in [1.54, 1.807) is 0 Å². The minimum absolute atomic E-state index is 0.181. The van der Waals surface area contributed by atoms with Crippen molar-refractivity contribution in [2.45, 2.75) is 23.8 Å². The topological polar surface area (TPSA) is 20.3 Å². The first-order chi connectivity index (χ1) is 7.41. The molecule has 0 aromatic heterocycles. The molecule has 0 fully saturated rings. The number of hydrogen-bond acceptors (Lipinski definition) is 2. The molecule has 0 N–H and O–H groups in total. The Balaban J connectivity index is 3.05. The quantitative estimate of drug-likeness (QED) is 0.365. The molecule has 0 saturated heterocycles. The van der Waals surface area contributed by atoms with Crippen LogP contribution in [-0.2, 0) is 0 Å². The molecule has 3 heteroatoms. The molecule has 0 saturated carbocycles. The predicted molar refractivity (Wildman–Crippen MR) is 76.2 cm³/mol. The Bertz CT molecular complexity index is 372. The van der Waals surface area contributed by atoms with Gasteiger partial charge in [0.15, 0.2) is 5.78 Å². The van der Waals surface area contributed by atoms with E-state index >= 15 is 0 Å². The molecule has 2 nitrogen and oxygen atoms in total. The lowest BCUT2D eigenvalue weighted by molar-refractivity contribution is 0.0852. The van der Waals surface area contributed by atoms with Gasteiger partial charge in [-0.25, -0.2) is 0 Å². The van der Waals surface area contributed by atoms with Crippen LogP contribution in [0, 0.1) is 6.92 Å². The van der Waals surface area contributed by atoms with Gasteiger partial charge in [-0.3, -0.25) is 9.69 Å². The molecule has 16 heavy (non-hydrogen) atoms. The van der Waals surface area contributed by atoms with Crippen molar-refractivity contribution >= 4 is 28.4 Å². The maximum Gasteiger partial charge on any atom is 0.193 e. The number of nitrogens with zero attached hydrogens (tertiary/aromatic N) is 1. The summed E-state index contributed by atoms with van der Waals surface area (Å²) in [5.41, 5.74) is 1.97. The van der Waals surface area contributed by atoms with Crippen LogP contribution in [0.4, 0.5) is 0 Å². The number of carbonyl (C=O) groups excluding carboxylic acids is 1. The molecule has 0 aliphatic heterocycles. The molecule has 1 aromatic carbocycles. The first-order valence-corrected chi connectivity index (χ1v) is 6.47. The van der Waals surface area contributed by atoms with Crippen LogP contribution < -0.4 is 0 Å². The van der Waals surface area contributed by atoms with Crippen LogP contribution in [-0.4, -0.2) is 28.3 Å². The third kappa shape index (κ3) is 2.63. The van der Waals surface area contributed by atoms with Crippen molar-refractivity contribution in [2.24, 2.45) is 0 Å². The fourth-order valence-electron chi connectivity index (χ4n) is 1.61. The Hall–Kier alpha value is -0.420. The lowest BCUT2D eigenvalue weighted by atomic mass is 10.0. The Labute approximate surface area is 111 Å². The number of carbonyl (C=O) groups is 1. The highest BCUT2D eigenvalue weighted by molar-refractivity contribution is 14.1. The SMILES string of the molecule is CCC(I)(C(=O)c1ccc(C)cc1)N(C)C. The summed E-state index contributed by atoms with van der Waals surface area (Å²) in [6.45, 7) is 4.07. The molecule has 0 amide bonds. The van der Waals surface area contributed by atoms with Gasteiger partial charge in [0, 0.05) is 5.56 Å². The van der Waals surface area contributed by atoms with Gasteiger partial charge < -0.3 is 0 Å². The van der Waals surface area contributed by atoms with Crippen LogP contribution in [0.2, 0.25) is 0 Å². The standard InChI is InChI=1S/C13H18INO/c1-5-13(14,15(3)4)12(16)11-8-6-10(2)7-9-11/h6-9H,5H2,1-4H3. The molecule has 0 aliphatic carbocycles. The first kappa shape index (κ1) is 13.6. The van der Waals surface area contributed by atoms with Crippen LogP contribution in [0.3, 0.4) is 0 Å². The van der Waals surface area contributed by atoms with Crippen molar-refractivity contribution in [1.82, 2.24) is 4.90 Å². The monoisotopic (exact) mass is 331 g/mol. The van der Waals surface area contributed by atoms with Crippen LogP contribution in [0.25, 0.3) is 0 Å². The van der Waals surface area contributed by atoms with Gasteiger partial charge >= 0.3 is 0 Å². The minimum Gasteiger partial charge on any atom is -0.291 e. The number of ketones is 1. The molecular weight excluding hydrogens is 313 g/mol. The van der Waals surface area contributed by atoms with E-state index in [0.29, 0.717) is 0 Å². The number of hydrogen-bond donors (Lipinski definition) is 0. The zero-order valence-electron chi connectivity index (χ0n) is 10.2. The van der Waals surface area contributed by atoms with Gasteiger partial charge in [-0.2, -0.15) is 0 Å². The molecule has 0 spiro atoms. The van der Waals surface area contributed by atoms with Crippen LogP contribution in [0.1, 0.15) is 29.3 Å². The second-order valence-electron chi connectivity index (χ2n) is 4.20. The normalized spacial score (nSPS) is 14.9. The molecule has 0 radical (unpaired) electrons. The number of halogens is 1. The van der Waals surface area contributed by atoms with Crippen molar-refractivity contribution in [3.05, 3.63) is 35.4 Å². The van der Waals surface area contributed by atoms with Crippen molar-refractivity contribution in [2.75, 3.05) is 14.1 Å². The summed E-state index contributed by atoms with van der Waals surface area (Å²) in [6.07, 6.45) is 0.799. The molecule has 1 atom stereocenters. The molecule has 0 aliphatic rings. The van der Waals surface area contributed by atoms with E-state index in [-0.39, 0.29) is 5.78 Å². The van der Waals surface area contributed by atoms with E-state index in [9.17, 15) is 4.79 Å². The smallest absolute Gasteiger partial charge is 0.193 e. The summed E-state index contributed by atoms with van der Waals surface area (Å²) in [5, 5.41) is 0. The van der Waals surface area contributed by atoms with Crippen LogP contribution in [0.5, 0.6) is 0 Å². The molecule has 88 valence electrons. The van der Waals surface area contributed by atoms with E-state index in [0.717, 1.165) is 12.0 Å². The Morgan fingerprint density at radius 3 is 2.19 bits per heavy atom. The highest BCUT2D eigenvalue weighted by atomic mass is 127. The molecule has 1 rings (SSSR count). The van der Waals surface area contributed by atoms with Gasteiger partial charge in [-0.05, 0) is 27.4 Å². The molecule has 0 heterocycles. The van der Waals surface area contributed by atoms with Gasteiger partial charge in [-0.1, -0.05) is 59.3 Å². The number of likely N-dealkylation sites (N-methyl/N-ethyl adjacent to an activating group) is 1. The fraction of sp³-hybridized carbons (Fsp3) is 0.462.